The summed E-state index contributed by atoms with van der Waals surface area (Å²) in [4.78, 5) is 22.9. The summed E-state index contributed by atoms with van der Waals surface area (Å²) < 4.78 is 26.0. The quantitative estimate of drug-likeness (QED) is 0.300. The topological polar surface area (TPSA) is 76.9 Å². The third-order valence-corrected chi connectivity index (χ3v) is 5.95. The second-order valence-electron chi connectivity index (χ2n) is 7.19. The number of likely N-dealkylation sites (N-methyl/N-ethyl adjacent to an activating group) is 1. The van der Waals surface area contributed by atoms with Gasteiger partial charge in [-0.3, -0.25) is 14.9 Å². The van der Waals surface area contributed by atoms with Gasteiger partial charge in [-0.05, 0) is 42.6 Å². The van der Waals surface area contributed by atoms with Gasteiger partial charge in [0.15, 0.2) is 11.6 Å². The number of halogens is 1. The molecule has 1 aromatic carbocycles. The van der Waals surface area contributed by atoms with Gasteiger partial charge >= 0.3 is 0 Å². The predicted octanol–water partition coefficient (Wildman–Crippen LogP) is 5.77. The molecule has 4 rings (SSSR count). The molecule has 9 heteroatoms. The van der Waals surface area contributed by atoms with Crippen LogP contribution >= 0.6 is 11.3 Å². The molecule has 164 valence electrons. The number of aromatic nitrogens is 2. The van der Waals surface area contributed by atoms with Crippen LogP contribution in [0.25, 0.3) is 20.8 Å². The Morgan fingerprint density at radius 3 is 2.81 bits per heavy atom. The summed E-state index contributed by atoms with van der Waals surface area (Å²) in [6.07, 6.45) is 1.61. The van der Waals surface area contributed by atoms with Crippen LogP contribution in [0.1, 0.15) is 5.69 Å². The maximum atomic E-state index is 14.3. The van der Waals surface area contributed by atoms with Gasteiger partial charge in [0.2, 0.25) is 0 Å². The highest BCUT2D eigenvalue weighted by Gasteiger charge is 2.14. The number of methoxy groups -OCH3 is 1. The van der Waals surface area contributed by atoms with E-state index >= 15 is 0 Å². The van der Waals surface area contributed by atoms with Gasteiger partial charge in [0, 0.05) is 38.5 Å². The fraction of sp³-hybridized carbons (Fsp3) is 0.217. The molecule has 0 aliphatic heterocycles. The van der Waals surface area contributed by atoms with Crippen LogP contribution in [0.3, 0.4) is 0 Å². The Morgan fingerprint density at radius 2 is 2.03 bits per heavy atom. The fourth-order valence-electron chi connectivity index (χ4n) is 3.18. The first-order valence-electron chi connectivity index (χ1n) is 9.90. The molecule has 32 heavy (non-hydrogen) atoms. The van der Waals surface area contributed by atoms with E-state index in [0.717, 1.165) is 39.1 Å². The zero-order chi connectivity index (χ0) is 22.5. The van der Waals surface area contributed by atoms with E-state index in [-0.39, 0.29) is 11.4 Å². The monoisotopic (exact) mass is 452 g/mol. The summed E-state index contributed by atoms with van der Waals surface area (Å²) in [5, 5.41) is 2.74. The molecule has 0 unspecified atom stereocenters. The molecular formula is C23H21FN4O3S. The Balaban J connectivity index is 1.61. The Morgan fingerprint density at radius 1 is 1.16 bits per heavy atom. The van der Waals surface area contributed by atoms with Crippen molar-refractivity contribution in [1.29, 1.82) is 0 Å². The Hall–Kier alpha value is -3.27. The van der Waals surface area contributed by atoms with E-state index < -0.39 is 5.82 Å². The number of hydrogen-bond acceptors (Lipinski definition) is 8. The van der Waals surface area contributed by atoms with E-state index in [1.54, 1.807) is 19.4 Å². The molecule has 0 spiro atoms. The Kier molecular flexibility index (Phi) is 6.79. The number of pyridine rings is 2. The molecule has 0 fully saturated rings. The SMILES string of the molecule is COCCN(C)Cc1cccc(-c2cc3nccc(Oc4ccc(N=O)cc4F)c3s2)n1. The van der Waals surface area contributed by atoms with Crippen molar-refractivity contribution >= 4 is 27.2 Å². The van der Waals surface area contributed by atoms with Crippen molar-refractivity contribution in [3.05, 3.63) is 71.1 Å². The van der Waals surface area contributed by atoms with Crippen LogP contribution in [-0.2, 0) is 11.3 Å². The van der Waals surface area contributed by atoms with Gasteiger partial charge in [-0.1, -0.05) is 6.07 Å². The van der Waals surface area contributed by atoms with Gasteiger partial charge in [-0.2, -0.15) is 0 Å². The van der Waals surface area contributed by atoms with Crippen molar-refractivity contribution in [2.45, 2.75) is 6.54 Å². The molecule has 4 aromatic rings. The van der Waals surface area contributed by atoms with Crippen LogP contribution < -0.4 is 4.74 Å². The molecule has 7 nitrogen and oxygen atoms in total. The molecule has 0 amide bonds. The average molecular weight is 453 g/mol. The predicted molar refractivity (Wildman–Crippen MR) is 123 cm³/mol. The van der Waals surface area contributed by atoms with E-state index in [9.17, 15) is 9.30 Å². The lowest BCUT2D eigenvalue weighted by Gasteiger charge is -2.15. The Labute approximate surface area is 188 Å². The Bertz CT molecular complexity index is 1250. The van der Waals surface area contributed by atoms with Gasteiger partial charge < -0.3 is 9.47 Å². The second-order valence-corrected chi connectivity index (χ2v) is 8.24. The lowest BCUT2D eigenvalue weighted by Crippen LogP contribution is -2.22. The van der Waals surface area contributed by atoms with E-state index in [4.69, 9.17) is 14.5 Å². The largest absolute Gasteiger partial charge is 0.453 e. The third-order valence-electron chi connectivity index (χ3n) is 4.78. The first kappa shape index (κ1) is 21.9. The highest BCUT2D eigenvalue weighted by Crippen LogP contribution is 2.39. The number of ether oxygens (including phenoxy) is 2. The third kappa shape index (κ3) is 4.96. The van der Waals surface area contributed by atoms with Crippen molar-refractivity contribution in [1.82, 2.24) is 14.9 Å². The van der Waals surface area contributed by atoms with E-state index in [1.165, 1.54) is 23.5 Å². The van der Waals surface area contributed by atoms with Crippen molar-refractivity contribution in [3.8, 4) is 22.1 Å². The normalized spacial score (nSPS) is 11.2. The molecule has 0 atom stereocenters. The smallest absolute Gasteiger partial charge is 0.167 e. The molecule has 0 saturated heterocycles. The highest BCUT2D eigenvalue weighted by atomic mass is 32.1. The summed E-state index contributed by atoms with van der Waals surface area (Å²) in [6.45, 7) is 2.19. The van der Waals surface area contributed by atoms with Gasteiger partial charge in [-0.25, -0.2) is 4.39 Å². The molecular weight excluding hydrogens is 431 g/mol. The zero-order valence-corrected chi connectivity index (χ0v) is 18.4. The van der Waals surface area contributed by atoms with Gasteiger partial charge in [-0.15, -0.1) is 16.2 Å². The molecule has 0 radical (unpaired) electrons. The number of thiophene rings is 1. The van der Waals surface area contributed by atoms with Gasteiger partial charge in [0.05, 0.1) is 33.1 Å². The van der Waals surface area contributed by atoms with Crippen LogP contribution in [0.4, 0.5) is 10.1 Å². The van der Waals surface area contributed by atoms with Crippen LogP contribution in [0.2, 0.25) is 0 Å². The second kappa shape index (κ2) is 9.90. The minimum atomic E-state index is -0.657. The molecule has 3 aromatic heterocycles. The summed E-state index contributed by atoms with van der Waals surface area (Å²) in [7, 11) is 3.71. The molecule has 0 aliphatic rings. The van der Waals surface area contributed by atoms with Crippen LogP contribution in [0, 0.1) is 10.7 Å². The van der Waals surface area contributed by atoms with Crippen LogP contribution in [0.5, 0.6) is 11.5 Å². The van der Waals surface area contributed by atoms with Crippen molar-refractivity contribution in [2.75, 3.05) is 27.3 Å². The lowest BCUT2D eigenvalue weighted by molar-refractivity contribution is 0.158. The van der Waals surface area contributed by atoms with E-state index in [2.05, 4.69) is 15.1 Å². The highest BCUT2D eigenvalue weighted by molar-refractivity contribution is 7.22. The van der Waals surface area contributed by atoms with E-state index in [1.807, 2.05) is 31.3 Å². The van der Waals surface area contributed by atoms with Gasteiger partial charge in [0.1, 0.15) is 11.4 Å². The summed E-state index contributed by atoms with van der Waals surface area (Å²) in [5.74, 6) is -0.165. The number of fused-ring (bicyclic) bond motifs is 1. The van der Waals surface area contributed by atoms with E-state index in [0.29, 0.717) is 18.9 Å². The molecule has 3 heterocycles. The lowest BCUT2D eigenvalue weighted by atomic mass is 10.2. The van der Waals surface area contributed by atoms with Gasteiger partial charge in [0.25, 0.3) is 0 Å². The molecule has 0 aliphatic carbocycles. The minimum Gasteiger partial charge on any atom is -0.453 e. The zero-order valence-electron chi connectivity index (χ0n) is 17.6. The van der Waals surface area contributed by atoms with Crippen LogP contribution in [-0.4, -0.2) is 42.2 Å². The number of hydrogen-bond donors (Lipinski definition) is 0. The maximum absolute atomic E-state index is 14.3. The average Bonchev–Trinajstić information content (AvgIpc) is 3.24. The first-order chi connectivity index (χ1) is 15.6. The minimum absolute atomic E-state index is 0.00644. The summed E-state index contributed by atoms with van der Waals surface area (Å²) in [5.41, 5.74) is 2.53. The fourth-order valence-corrected chi connectivity index (χ4v) is 4.21. The van der Waals surface area contributed by atoms with Crippen molar-refractivity contribution in [3.63, 3.8) is 0 Å². The number of rotatable bonds is 9. The summed E-state index contributed by atoms with van der Waals surface area (Å²) >= 11 is 1.48. The molecule has 0 bridgehead atoms. The maximum Gasteiger partial charge on any atom is 0.167 e. The van der Waals surface area contributed by atoms with Crippen molar-refractivity contribution < 1.29 is 13.9 Å². The number of nitrogens with zero attached hydrogens (tertiary/aromatic N) is 4. The molecule has 0 saturated carbocycles. The molecule has 0 N–H and O–H groups in total. The first-order valence-corrected chi connectivity index (χ1v) is 10.7. The number of nitroso groups, excluding NO2 is 1. The standard InChI is InChI=1S/C23H21FN4O3S/c1-28(10-11-30-2)14-16-4-3-5-18(26-16)22-13-19-23(32-22)21(8-9-25-19)31-20-7-6-15(27-29)12-17(20)24/h3-9,12-13H,10-11,14H2,1-2H3. The number of benzene rings is 1. The summed E-state index contributed by atoms with van der Waals surface area (Å²) in [6, 6.07) is 13.4. The van der Waals surface area contributed by atoms with Crippen LogP contribution in [0.15, 0.2) is 59.9 Å². The van der Waals surface area contributed by atoms with Crippen molar-refractivity contribution in [2.24, 2.45) is 5.18 Å².